The largest absolute Gasteiger partial charge is 0.356 e. The quantitative estimate of drug-likeness (QED) is 0.763. The van der Waals surface area contributed by atoms with Crippen LogP contribution in [0.5, 0.6) is 0 Å². The van der Waals surface area contributed by atoms with Gasteiger partial charge < -0.3 is 10.6 Å². The number of hydrogen-bond donors (Lipinski definition) is 2. The molecule has 0 bridgehead atoms. The minimum absolute atomic E-state index is 0.0168. The fraction of sp³-hybridized carbons (Fsp3) is 0.429. The number of benzene rings is 1. The second-order valence-corrected chi connectivity index (χ2v) is 4.11. The SMILES string of the molecule is CCCNC(=O)CCNC(=O)Cc1ccccc1. The monoisotopic (exact) mass is 248 g/mol. The second-order valence-electron chi connectivity index (χ2n) is 4.11. The van der Waals surface area contributed by atoms with E-state index >= 15 is 0 Å². The molecule has 0 aromatic heterocycles. The highest BCUT2D eigenvalue weighted by Crippen LogP contribution is 1.98. The van der Waals surface area contributed by atoms with E-state index in [2.05, 4.69) is 10.6 Å². The van der Waals surface area contributed by atoms with Gasteiger partial charge in [-0.25, -0.2) is 0 Å². The van der Waals surface area contributed by atoms with Crippen molar-refractivity contribution in [1.82, 2.24) is 10.6 Å². The Bertz CT molecular complexity index is 377. The van der Waals surface area contributed by atoms with Gasteiger partial charge in [0.25, 0.3) is 0 Å². The van der Waals surface area contributed by atoms with Gasteiger partial charge in [0.1, 0.15) is 0 Å². The smallest absolute Gasteiger partial charge is 0.224 e. The summed E-state index contributed by atoms with van der Waals surface area (Å²) in [6.07, 6.45) is 1.62. The number of hydrogen-bond acceptors (Lipinski definition) is 2. The molecule has 4 nitrogen and oxygen atoms in total. The Balaban J connectivity index is 2.16. The summed E-state index contributed by atoms with van der Waals surface area (Å²) in [6.45, 7) is 3.08. The van der Waals surface area contributed by atoms with Crippen LogP contribution in [0.4, 0.5) is 0 Å². The molecule has 0 heterocycles. The van der Waals surface area contributed by atoms with Crippen molar-refractivity contribution in [3.63, 3.8) is 0 Å². The number of rotatable bonds is 7. The van der Waals surface area contributed by atoms with Crippen LogP contribution >= 0.6 is 0 Å². The number of carbonyl (C=O) groups excluding carboxylic acids is 2. The Labute approximate surface area is 108 Å². The first-order valence-electron chi connectivity index (χ1n) is 6.29. The van der Waals surface area contributed by atoms with Gasteiger partial charge in [-0.2, -0.15) is 0 Å². The molecule has 18 heavy (non-hydrogen) atoms. The number of amides is 2. The predicted molar refractivity (Wildman–Crippen MR) is 71.1 cm³/mol. The van der Waals surface area contributed by atoms with Crippen molar-refractivity contribution in [3.8, 4) is 0 Å². The van der Waals surface area contributed by atoms with E-state index in [1.165, 1.54) is 0 Å². The fourth-order valence-corrected chi connectivity index (χ4v) is 1.51. The molecule has 0 radical (unpaired) electrons. The lowest BCUT2D eigenvalue weighted by Crippen LogP contribution is -2.31. The van der Waals surface area contributed by atoms with E-state index in [1.54, 1.807) is 0 Å². The summed E-state index contributed by atoms with van der Waals surface area (Å²) in [5, 5.41) is 5.50. The summed E-state index contributed by atoms with van der Waals surface area (Å²) in [6, 6.07) is 9.54. The second kappa shape index (κ2) is 8.28. The third-order valence-corrected chi connectivity index (χ3v) is 2.45. The van der Waals surface area contributed by atoms with E-state index < -0.39 is 0 Å². The molecule has 0 aliphatic rings. The van der Waals surface area contributed by atoms with Crippen LogP contribution in [0.25, 0.3) is 0 Å². The molecule has 1 aromatic carbocycles. The minimum atomic E-state index is -0.0514. The number of nitrogens with one attached hydrogen (secondary N) is 2. The van der Waals surface area contributed by atoms with Crippen molar-refractivity contribution in [2.45, 2.75) is 26.2 Å². The Morgan fingerprint density at radius 1 is 1.00 bits per heavy atom. The van der Waals surface area contributed by atoms with Crippen LogP contribution in [0, 0.1) is 0 Å². The zero-order chi connectivity index (χ0) is 13.2. The summed E-state index contributed by atoms with van der Waals surface area (Å²) < 4.78 is 0. The van der Waals surface area contributed by atoms with Crippen molar-refractivity contribution in [1.29, 1.82) is 0 Å². The maximum Gasteiger partial charge on any atom is 0.224 e. The molecule has 2 N–H and O–H groups in total. The third kappa shape index (κ3) is 6.03. The first-order valence-corrected chi connectivity index (χ1v) is 6.29. The van der Waals surface area contributed by atoms with Crippen molar-refractivity contribution in [2.24, 2.45) is 0 Å². The van der Waals surface area contributed by atoms with E-state index in [1.807, 2.05) is 37.3 Å². The van der Waals surface area contributed by atoms with E-state index in [-0.39, 0.29) is 11.8 Å². The molecule has 0 unspecified atom stereocenters. The van der Waals surface area contributed by atoms with Gasteiger partial charge in [-0.15, -0.1) is 0 Å². The molecule has 0 saturated heterocycles. The molecule has 4 heteroatoms. The average Bonchev–Trinajstić information content (AvgIpc) is 2.37. The Kier molecular flexibility index (Phi) is 6.54. The topological polar surface area (TPSA) is 58.2 Å². The molecule has 0 aliphatic heterocycles. The third-order valence-electron chi connectivity index (χ3n) is 2.45. The lowest BCUT2D eigenvalue weighted by Gasteiger charge is -2.06. The van der Waals surface area contributed by atoms with Crippen LogP contribution in [-0.2, 0) is 16.0 Å². The highest BCUT2D eigenvalue weighted by Gasteiger charge is 2.04. The summed E-state index contributed by atoms with van der Waals surface area (Å²) in [7, 11) is 0. The normalized spacial score (nSPS) is 9.83. The highest BCUT2D eigenvalue weighted by atomic mass is 16.2. The van der Waals surface area contributed by atoms with Gasteiger partial charge in [-0.05, 0) is 12.0 Å². The average molecular weight is 248 g/mol. The Morgan fingerprint density at radius 2 is 1.67 bits per heavy atom. The standard InChI is InChI=1S/C14H20N2O2/c1-2-9-15-13(17)8-10-16-14(18)11-12-6-4-3-5-7-12/h3-7H,2,8-11H2,1H3,(H,15,17)(H,16,18). The van der Waals surface area contributed by atoms with Crippen molar-refractivity contribution < 1.29 is 9.59 Å². The maximum atomic E-state index is 11.6. The van der Waals surface area contributed by atoms with E-state index in [9.17, 15) is 9.59 Å². The van der Waals surface area contributed by atoms with Crippen LogP contribution in [0.15, 0.2) is 30.3 Å². The zero-order valence-electron chi connectivity index (χ0n) is 10.7. The van der Waals surface area contributed by atoms with Crippen LogP contribution in [0.2, 0.25) is 0 Å². The van der Waals surface area contributed by atoms with Gasteiger partial charge in [0.2, 0.25) is 11.8 Å². The molecule has 1 aromatic rings. The molecular formula is C14H20N2O2. The molecule has 0 saturated carbocycles. The molecule has 98 valence electrons. The van der Waals surface area contributed by atoms with Crippen molar-refractivity contribution >= 4 is 11.8 Å². The zero-order valence-corrected chi connectivity index (χ0v) is 10.7. The van der Waals surface area contributed by atoms with Crippen LogP contribution in [0.3, 0.4) is 0 Å². The van der Waals surface area contributed by atoms with E-state index in [0.717, 1.165) is 12.0 Å². The first kappa shape index (κ1) is 14.2. The van der Waals surface area contributed by atoms with Gasteiger partial charge in [0.15, 0.2) is 0 Å². The Hall–Kier alpha value is -1.84. The van der Waals surface area contributed by atoms with Gasteiger partial charge >= 0.3 is 0 Å². The van der Waals surface area contributed by atoms with Gasteiger partial charge in [0.05, 0.1) is 6.42 Å². The lowest BCUT2D eigenvalue weighted by molar-refractivity contribution is -0.122. The molecule has 1 rings (SSSR count). The van der Waals surface area contributed by atoms with Crippen LogP contribution in [-0.4, -0.2) is 24.9 Å². The minimum Gasteiger partial charge on any atom is -0.356 e. The van der Waals surface area contributed by atoms with Crippen molar-refractivity contribution in [2.75, 3.05) is 13.1 Å². The van der Waals surface area contributed by atoms with Crippen LogP contribution in [0.1, 0.15) is 25.3 Å². The summed E-state index contributed by atoms with van der Waals surface area (Å²) in [5.41, 5.74) is 0.977. The van der Waals surface area contributed by atoms with Gasteiger partial charge in [-0.3, -0.25) is 9.59 Å². The Morgan fingerprint density at radius 3 is 2.33 bits per heavy atom. The van der Waals surface area contributed by atoms with Gasteiger partial charge in [0, 0.05) is 19.5 Å². The summed E-state index contributed by atoms with van der Waals surface area (Å²) in [5.74, 6) is -0.0682. The van der Waals surface area contributed by atoms with Gasteiger partial charge in [-0.1, -0.05) is 37.3 Å². The van der Waals surface area contributed by atoms with Crippen LogP contribution < -0.4 is 10.6 Å². The van der Waals surface area contributed by atoms with E-state index in [4.69, 9.17) is 0 Å². The molecule has 2 amide bonds. The first-order chi connectivity index (χ1) is 8.72. The maximum absolute atomic E-state index is 11.6. The fourth-order valence-electron chi connectivity index (χ4n) is 1.51. The number of carbonyl (C=O) groups is 2. The summed E-state index contributed by atoms with van der Waals surface area (Å²) >= 11 is 0. The molecular weight excluding hydrogens is 228 g/mol. The predicted octanol–water partition coefficient (Wildman–Crippen LogP) is 1.26. The molecule has 0 aliphatic carbocycles. The molecule has 0 spiro atoms. The van der Waals surface area contributed by atoms with Crippen molar-refractivity contribution in [3.05, 3.63) is 35.9 Å². The highest BCUT2D eigenvalue weighted by molar-refractivity contribution is 5.80. The van der Waals surface area contributed by atoms with E-state index in [0.29, 0.717) is 25.9 Å². The molecule has 0 fully saturated rings. The lowest BCUT2D eigenvalue weighted by atomic mass is 10.1. The summed E-state index contributed by atoms with van der Waals surface area (Å²) in [4.78, 5) is 22.8. The molecule has 0 atom stereocenters.